The van der Waals surface area contributed by atoms with Crippen LogP contribution < -0.4 is 9.47 Å². The number of rotatable bonds is 7. The Bertz CT molecular complexity index is 949. The van der Waals surface area contributed by atoms with Crippen molar-refractivity contribution >= 4 is 29.4 Å². The van der Waals surface area contributed by atoms with E-state index in [9.17, 15) is 9.59 Å². The fourth-order valence-corrected chi connectivity index (χ4v) is 3.17. The quantitative estimate of drug-likeness (QED) is 0.387. The third-order valence-electron chi connectivity index (χ3n) is 4.24. The molecule has 0 amide bonds. The minimum absolute atomic E-state index is 0.331. The van der Waals surface area contributed by atoms with Crippen LogP contribution in [0, 0.1) is 12.8 Å². The molecule has 0 saturated carbocycles. The van der Waals surface area contributed by atoms with Crippen LogP contribution in [0.5, 0.6) is 11.5 Å². The van der Waals surface area contributed by atoms with Gasteiger partial charge in [0.15, 0.2) is 23.9 Å². The summed E-state index contributed by atoms with van der Waals surface area (Å²) in [5, 5.41) is 4.85. The maximum absolute atomic E-state index is 12.3. The second-order valence-electron chi connectivity index (χ2n) is 7.09. The molecule has 2 heterocycles. The Morgan fingerprint density at radius 3 is 2.72 bits per heavy atom. The number of benzene rings is 1. The molecule has 0 unspecified atom stereocenters. The second kappa shape index (κ2) is 9.13. The van der Waals surface area contributed by atoms with Crippen molar-refractivity contribution < 1.29 is 23.8 Å². The lowest BCUT2D eigenvalue weighted by atomic mass is 10.1. The van der Waals surface area contributed by atoms with Gasteiger partial charge in [-0.3, -0.25) is 9.48 Å². The summed E-state index contributed by atoms with van der Waals surface area (Å²) in [6.07, 6.45) is 2.80. The lowest BCUT2D eigenvalue weighted by Gasteiger charge is -2.18. The lowest BCUT2D eigenvalue weighted by molar-refractivity contribution is -0.136. The SMILES string of the molecule is Cc1nn(CC(C)C)c(Cl)c1/C=C/C(=O)OCC(=O)c1ccc2c(c1)OCCO2. The average Bonchev–Trinajstić information content (AvgIpc) is 2.96. The monoisotopic (exact) mass is 418 g/mol. The first-order valence-electron chi connectivity index (χ1n) is 9.35. The van der Waals surface area contributed by atoms with E-state index in [0.29, 0.717) is 59.1 Å². The first kappa shape index (κ1) is 20.9. The minimum atomic E-state index is -0.636. The molecule has 0 N–H and O–H groups in total. The summed E-state index contributed by atoms with van der Waals surface area (Å²) in [7, 11) is 0. The molecule has 2 aromatic rings. The topological polar surface area (TPSA) is 79.7 Å². The van der Waals surface area contributed by atoms with Crippen LogP contribution in [0.3, 0.4) is 0 Å². The van der Waals surface area contributed by atoms with Gasteiger partial charge in [0.2, 0.25) is 0 Å². The van der Waals surface area contributed by atoms with Crippen LogP contribution in [0.4, 0.5) is 0 Å². The number of hydrogen-bond acceptors (Lipinski definition) is 6. The molecule has 1 aromatic carbocycles. The van der Waals surface area contributed by atoms with Gasteiger partial charge in [0.05, 0.1) is 5.69 Å². The molecule has 154 valence electrons. The van der Waals surface area contributed by atoms with E-state index in [1.807, 2.05) is 6.92 Å². The number of aryl methyl sites for hydroxylation is 1. The van der Waals surface area contributed by atoms with Crippen LogP contribution >= 0.6 is 11.6 Å². The van der Waals surface area contributed by atoms with Crippen LogP contribution in [-0.4, -0.2) is 41.4 Å². The molecule has 1 aliphatic rings. The van der Waals surface area contributed by atoms with Crippen molar-refractivity contribution in [3.8, 4) is 11.5 Å². The summed E-state index contributed by atoms with van der Waals surface area (Å²) in [5.74, 6) is 0.528. The van der Waals surface area contributed by atoms with Gasteiger partial charge in [0.25, 0.3) is 0 Å². The van der Waals surface area contributed by atoms with E-state index in [2.05, 4.69) is 18.9 Å². The van der Waals surface area contributed by atoms with Crippen LogP contribution in [0.15, 0.2) is 24.3 Å². The Hall–Kier alpha value is -2.80. The Morgan fingerprint density at radius 2 is 2.00 bits per heavy atom. The Balaban J connectivity index is 1.58. The smallest absolute Gasteiger partial charge is 0.331 e. The zero-order chi connectivity index (χ0) is 21.0. The van der Waals surface area contributed by atoms with E-state index >= 15 is 0 Å². The summed E-state index contributed by atoms with van der Waals surface area (Å²) < 4.78 is 17.6. The van der Waals surface area contributed by atoms with Crippen LogP contribution in [0.1, 0.15) is 35.5 Å². The van der Waals surface area contributed by atoms with Crippen LogP contribution in [0.2, 0.25) is 5.15 Å². The highest BCUT2D eigenvalue weighted by molar-refractivity contribution is 6.31. The molecule has 0 spiro atoms. The fraction of sp³-hybridized carbons (Fsp3) is 0.381. The first-order valence-corrected chi connectivity index (χ1v) is 9.73. The summed E-state index contributed by atoms with van der Waals surface area (Å²) in [6.45, 7) is 7.17. The summed E-state index contributed by atoms with van der Waals surface area (Å²) in [4.78, 5) is 24.3. The van der Waals surface area contributed by atoms with Crippen molar-refractivity contribution in [3.05, 3.63) is 46.2 Å². The number of nitrogens with zero attached hydrogens (tertiary/aromatic N) is 2. The van der Waals surface area contributed by atoms with Gasteiger partial charge in [-0.15, -0.1) is 0 Å². The molecule has 0 atom stereocenters. The molecule has 3 rings (SSSR count). The molecule has 0 fully saturated rings. The van der Waals surface area contributed by atoms with Gasteiger partial charge in [-0.05, 0) is 37.1 Å². The molecule has 29 heavy (non-hydrogen) atoms. The highest BCUT2D eigenvalue weighted by Gasteiger charge is 2.16. The number of aromatic nitrogens is 2. The number of carbonyl (C=O) groups excluding carboxylic acids is 2. The molecule has 0 bridgehead atoms. The molecule has 0 saturated heterocycles. The number of Topliss-reactive ketones (excluding diaryl/α,β-unsaturated/α-hetero) is 1. The number of carbonyl (C=O) groups is 2. The number of esters is 1. The summed E-state index contributed by atoms with van der Waals surface area (Å²) in [6, 6.07) is 4.88. The maximum atomic E-state index is 12.3. The maximum Gasteiger partial charge on any atom is 0.331 e. The zero-order valence-corrected chi connectivity index (χ0v) is 17.4. The van der Waals surface area contributed by atoms with Gasteiger partial charge in [-0.25, -0.2) is 4.79 Å². The molecule has 8 heteroatoms. The molecule has 0 radical (unpaired) electrons. The Kier molecular flexibility index (Phi) is 6.59. The molecule has 0 aliphatic carbocycles. The van der Waals surface area contributed by atoms with E-state index in [1.54, 1.807) is 29.0 Å². The van der Waals surface area contributed by atoms with Crippen molar-refractivity contribution in [2.24, 2.45) is 5.92 Å². The predicted octanol–water partition coefficient (Wildman–Crippen LogP) is 3.71. The average molecular weight is 419 g/mol. The van der Waals surface area contributed by atoms with Crippen molar-refractivity contribution in [1.29, 1.82) is 0 Å². The third-order valence-corrected chi connectivity index (χ3v) is 4.64. The Morgan fingerprint density at radius 1 is 1.28 bits per heavy atom. The molecule has 1 aliphatic heterocycles. The first-order chi connectivity index (χ1) is 13.8. The van der Waals surface area contributed by atoms with E-state index in [1.165, 1.54) is 6.08 Å². The predicted molar refractivity (Wildman–Crippen MR) is 109 cm³/mol. The van der Waals surface area contributed by atoms with Crippen LogP contribution in [0.25, 0.3) is 6.08 Å². The van der Waals surface area contributed by atoms with Gasteiger partial charge < -0.3 is 14.2 Å². The molecule has 1 aromatic heterocycles. The van der Waals surface area contributed by atoms with E-state index in [4.69, 9.17) is 25.8 Å². The van der Waals surface area contributed by atoms with Gasteiger partial charge in [0, 0.05) is 23.7 Å². The van der Waals surface area contributed by atoms with Crippen LogP contribution in [-0.2, 0) is 16.1 Å². The number of halogens is 1. The highest BCUT2D eigenvalue weighted by Crippen LogP contribution is 2.30. The normalized spacial score (nSPS) is 13.1. The lowest BCUT2D eigenvalue weighted by Crippen LogP contribution is -2.17. The summed E-state index contributed by atoms with van der Waals surface area (Å²) >= 11 is 6.34. The molecule has 7 nitrogen and oxygen atoms in total. The largest absolute Gasteiger partial charge is 0.486 e. The van der Waals surface area contributed by atoms with Gasteiger partial charge in [0.1, 0.15) is 18.4 Å². The summed E-state index contributed by atoms with van der Waals surface area (Å²) in [5.41, 5.74) is 1.76. The van der Waals surface area contributed by atoms with Gasteiger partial charge in [-0.2, -0.15) is 5.10 Å². The van der Waals surface area contributed by atoms with E-state index < -0.39 is 5.97 Å². The third kappa shape index (κ3) is 5.17. The van der Waals surface area contributed by atoms with Gasteiger partial charge in [-0.1, -0.05) is 25.4 Å². The number of fused-ring (bicyclic) bond motifs is 1. The fourth-order valence-electron chi connectivity index (χ4n) is 2.86. The number of ether oxygens (including phenoxy) is 3. The standard InChI is InChI=1S/C21H23ClN2O5/c1-13(2)11-24-21(22)16(14(3)23-24)5-7-20(26)29-12-17(25)15-4-6-18-19(10-15)28-9-8-27-18/h4-7,10,13H,8-9,11-12H2,1-3H3/b7-5+. The van der Waals surface area contributed by atoms with Crippen molar-refractivity contribution in [2.75, 3.05) is 19.8 Å². The van der Waals surface area contributed by atoms with Crippen molar-refractivity contribution in [2.45, 2.75) is 27.3 Å². The van der Waals surface area contributed by atoms with Crippen molar-refractivity contribution in [3.63, 3.8) is 0 Å². The minimum Gasteiger partial charge on any atom is -0.486 e. The molecular weight excluding hydrogens is 396 g/mol. The van der Waals surface area contributed by atoms with Crippen molar-refractivity contribution in [1.82, 2.24) is 9.78 Å². The van der Waals surface area contributed by atoms with E-state index in [0.717, 1.165) is 0 Å². The second-order valence-corrected chi connectivity index (χ2v) is 7.45. The Labute approximate surface area is 174 Å². The van der Waals surface area contributed by atoms with E-state index in [-0.39, 0.29) is 12.4 Å². The zero-order valence-electron chi connectivity index (χ0n) is 16.6. The highest BCUT2D eigenvalue weighted by atomic mass is 35.5. The van der Waals surface area contributed by atoms with Gasteiger partial charge >= 0.3 is 5.97 Å². The number of hydrogen-bond donors (Lipinski definition) is 0. The molecular formula is C21H23ClN2O5. The number of ketones is 1.